The van der Waals surface area contributed by atoms with Gasteiger partial charge in [-0.05, 0) is 25.3 Å². The van der Waals surface area contributed by atoms with Gasteiger partial charge in [0.05, 0.1) is 16.5 Å². The molecule has 1 saturated carbocycles. The van der Waals surface area contributed by atoms with Gasteiger partial charge in [0.25, 0.3) is 11.5 Å². The predicted molar refractivity (Wildman–Crippen MR) is 78.3 cm³/mol. The first-order valence-corrected chi connectivity index (χ1v) is 7.25. The molecule has 0 unspecified atom stereocenters. The Bertz CT molecular complexity index is 769. The van der Waals surface area contributed by atoms with E-state index >= 15 is 0 Å². The number of carbonyl (C=O) groups excluding carboxylic acids is 1. The Morgan fingerprint density at radius 3 is 2.64 bits per heavy atom. The molecule has 0 radical (unpaired) electrons. The van der Waals surface area contributed by atoms with E-state index in [1.807, 2.05) is 6.92 Å². The molecule has 7 heteroatoms. The van der Waals surface area contributed by atoms with Gasteiger partial charge in [0.2, 0.25) is 5.92 Å². The number of aromatic amines is 2. The summed E-state index contributed by atoms with van der Waals surface area (Å²) in [5.41, 5.74) is 1.34. The number of aryl methyl sites for hydroxylation is 1. The molecule has 3 rings (SSSR count). The average Bonchev–Trinajstić information content (AvgIpc) is 2.91. The Labute approximate surface area is 125 Å². The van der Waals surface area contributed by atoms with Crippen LogP contribution in [0.2, 0.25) is 0 Å². The molecule has 0 saturated heterocycles. The second-order valence-electron chi connectivity index (χ2n) is 5.86. The molecule has 1 fully saturated rings. The van der Waals surface area contributed by atoms with Crippen molar-refractivity contribution in [2.24, 2.45) is 0 Å². The van der Waals surface area contributed by atoms with E-state index < -0.39 is 11.8 Å². The molecular formula is C15H17F2N3O2. The van der Waals surface area contributed by atoms with E-state index in [0.29, 0.717) is 10.9 Å². The number of carbonyl (C=O) groups is 1. The molecule has 0 atom stereocenters. The number of amides is 1. The van der Waals surface area contributed by atoms with Crippen LogP contribution < -0.4 is 10.9 Å². The van der Waals surface area contributed by atoms with Crippen molar-refractivity contribution < 1.29 is 13.6 Å². The third-order valence-corrected chi connectivity index (χ3v) is 4.22. The van der Waals surface area contributed by atoms with Crippen molar-refractivity contribution in [3.8, 4) is 0 Å². The van der Waals surface area contributed by atoms with E-state index in [4.69, 9.17) is 0 Å². The van der Waals surface area contributed by atoms with Gasteiger partial charge < -0.3 is 15.3 Å². The first kappa shape index (κ1) is 14.7. The van der Waals surface area contributed by atoms with Gasteiger partial charge in [-0.2, -0.15) is 0 Å². The number of halogens is 2. The van der Waals surface area contributed by atoms with Crippen LogP contribution in [0.4, 0.5) is 8.78 Å². The number of nitrogens with one attached hydrogen (secondary N) is 3. The van der Waals surface area contributed by atoms with E-state index in [1.54, 1.807) is 6.20 Å². The molecule has 118 valence electrons. The number of pyridine rings is 1. The highest BCUT2D eigenvalue weighted by molar-refractivity contribution is 6.07. The maximum Gasteiger partial charge on any atom is 0.258 e. The number of hydrogen-bond acceptors (Lipinski definition) is 2. The van der Waals surface area contributed by atoms with Gasteiger partial charge in [0, 0.05) is 31.3 Å². The third-order valence-electron chi connectivity index (χ3n) is 4.22. The molecule has 2 aromatic rings. The molecule has 22 heavy (non-hydrogen) atoms. The fourth-order valence-corrected chi connectivity index (χ4v) is 2.92. The minimum Gasteiger partial charge on any atom is -0.360 e. The normalized spacial score (nSPS) is 18.5. The van der Waals surface area contributed by atoms with E-state index in [2.05, 4.69) is 15.3 Å². The van der Waals surface area contributed by atoms with Gasteiger partial charge in [-0.25, -0.2) is 8.78 Å². The Hall–Kier alpha value is -2.18. The molecule has 5 nitrogen and oxygen atoms in total. The van der Waals surface area contributed by atoms with Crippen LogP contribution in [0.25, 0.3) is 10.9 Å². The van der Waals surface area contributed by atoms with Gasteiger partial charge in [0.15, 0.2) is 0 Å². The quantitative estimate of drug-likeness (QED) is 0.797. The Kier molecular flexibility index (Phi) is 3.50. The largest absolute Gasteiger partial charge is 0.360 e. The van der Waals surface area contributed by atoms with Crippen molar-refractivity contribution in [3.63, 3.8) is 0 Å². The molecule has 3 N–H and O–H groups in total. The summed E-state index contributed by atoms with van der Waals surface area (Å²) >= 11 is 0. The van der Waals surface area contributed by atoms with Crippen LogP contribution in [0.3, 0.4) is 0 Å². The number of hydrogen-bond donors (Lipinski definition) is 3. The zero-order valence-corrected chi connectivity index (χ0v) is 12.1. The Morgan fingerprint density at radius 1 is 1.27 bits per heavy atom. The molecular weight excluding hydrogens is 292 g/mol. The molecule has 1 aliphatic carbocycles. The van der Waals surface area contributed by atoms with Crippen LogP contribution in [0.1, 0.15) is 41.6 Å². The van der Waals surface area contributed by atoms with Crippen molar-refractivity contribution in [1.29, 1.82) is 0 Å². The number of aromatic nitrogens is 2. The Morgan fingerprint density at radius 2 is 1.95 bits per heavy atom. The molecule has 0 bridgehead atoms. The van der Waals surface area contributed by atoms with Crippen LogP contribution in [0.15, 0.2) is 17.2 Å². The molecule has 0 aliphatic heterocycles. The fraction of sp³-hybridized carbons (Fsp3) is 0.467. The third kappa shape index (κ3) is 2.63. The summed E-state index contributed by atoms with van der Waals surface area (Å²) < 4.78 is 26.3. The number of H-pyrrole nitrogens is 2. The fourth-order valence-electron chi connectivity index (χ4n) is 2.92. The number of alkyl halides is 2. The number of rotatable bonds is 2. The maximum absolute atomic E-state index is 13.1. The summed E-state index contributed by atoms with van der Waals surface area (Å²) in [5, 5.41) is 3.06. The smallest absolute Gasteiger partial charge is 0.258 e. The maximum atomic E-state index is 13.1. The zero-order chi connectivity index (χ0) is 15.9. The van der Waals surface area contributed by atoms with Crippen molar-refractivity contribution in [1.82, 2.24) is 15.3 Å². The first-order chi connectivity index (χ1) is 10.4. The van der Waals surface area contributed by atoms with Crippen molar-refractivity contribution in [2.45, 2.75) is 44.6 Å². The monoisotopic (exact) mass is 309 g/mol. The highest BCUT2D eigenvalue weighted by atomic mass is 19.3. The van der Waals surface area contributed by atoms with E-state index in [1.165, 1.54) is 6.20 Å². The Balaban J connectivity index is 1.82. The van der Waals surface area contributed by atoms with Gasteiger partial charge in [0.1, 0.15) is 0 Å². The molecule has 1 amide bonds. The molecule has 0 spiro atoms. The minimum atomic E-state index is -2.63. The topological polar surface area (TPSA) is 77.8 Å². The molecule has 1 aliphatic rings. The summed E-state index contributed by atoms with van der Waals surface area (Å²) in [6.45, 7) is 1.82. The standard InChI is InChI=1S/C15H17F2N3O2/c1-8-6-19-14(22)11-10(7-18-12(8)11)13(21)20-9-2-4-15(16,17)5-3-9/h6-7,9,18H,2-5H2,1H3,(H,19,22)(H,20,21). The minimum absolute atomic E-state index is 0.217. The van der Waals surface area contributed by atoms with Crippen LogP contribution in [-0.4, -0.2) is 27.8 Å². The highest BCUT2D eigenvalue weighted by Crippen LogP contribution is 2.33. The van der Waals surface area contributed by atoms with Crippen LogP contribution in [0.5, 0.6) is 0 Å². The lowest BCUT2D eigenvalue weighted by Gasteiger charge is -2.28. The summed E-state index contributed by atoms with van der Waals surface area (Å²) in [6, 6.07) is -0.277. The van der Waals surface area contributed by atoms with Gasteiger partial charge >= 0.3 is 0 Å². The lowest BCUT2D eigenvalue weighted by atomic mass is 9.92. The van der Waals surface area contributed by atoms with Crippen LogP contribution in [-0.2, 0) is 0 Å². The zero-order valence-electron chi connectivity index (χ0n) is 12.1. The van der Waals surface area contributed by atoms with E-state index in [0.717, 1.165) is 5.56 Å². The first-order valence-electron chi connectivity index (χ1n) is 7.25. The highest BCUT2D eigenvalue weighted by Gasteiger charge is 2.35. The second kappa shape index (κ2) is 5.23. The predicted octanol–water partition coefficient (Wildman–Crippen LogP) is 2.47. The van der Waals surface area contributed by atoms with Gasteiger partial charge in [-0.3, -0.25) is 9.59 Å². The SMILES string of the molecule is Cc1c[nH]c(=O)c2c(C(=O)NC3CCC(F)(F)CC3)c[nH]c12. The van der Waals surface area contributed by atoms with Gasteiger partial charge in [-0.1, -0.05) is 0 Å². The number of fused-ring (bicyclic) bond motifs is 1. The van der Waals surface area contributed by atoms with E-state index in [9.17, 15) is 18.4 Å². The van der Waals surface area contributed by atoms with Gasteiger partial charge in [-0.15, -0.1) is 0 Å². The summed E-state index contributed by atoms with van der Waals surface area (Å²) in [5.74, 6) is -3.03. The van der Waals surface area contributed by atoms with Crippen LogP contribution in [0, 0.1) is 6.92 Å². The lowest BCUT2D eigenvalue weighted by molar-refractivity contribution is -0.0399. The average molecular weight is 309 g/mol. The van der Waals surface area contributed by atoms with Crippen molar-refractivity contribution in [3.05, 3.63) is 33.9 Å². The molecule has 2 heterocycles. The second-order valence-corrected chi connectivity index (χ2v) is 5.86. The van der Waals surface area contributed by atoms with E-state index in [-0.39, 0.29) is 42.8 Å². The van der Waals surface area contributed by atoms with Crippen LogP contribution >= 0.6 is 0 Å². The van der Waals surface area contributed by atoms with Crippen molar-refractivity contribution >= 4 is 16.8 Å². The molecule has 2 aromatic heterocycles. The summed E-state index contributed by atoms with van der Waals surface area (Å²) in [4.78, 5) is 29.8. The van der Waals surface area contributed by atoms with Crippen molar-refractivity contribution in [2.75, 3.05) is 0 Å². The summed E-state index contributed by atoms with van der Waals surface area (Å²) in [6.07, 6.45) is 3.12. The summed E-state index contributed by atoms with van der Waals surface area (Å²) in [7, 11) is 0. The lowest BCUT2D eigenvalue weighted by Crippen LogP contribution is -2.40. The molecule has 0 aromatic carbocycles.